The number of aryl methyl sites for hydroxylation is 1. The van der Waals surface area contributed by atoms with Crippen LogP contribution in [-0.4, -0.2) is 28.9 Å². The molecule has 158 valence electrons. The van der Waals surface area contributed by atoms with Crippen LogP contribution >= 0.6 is 0 Å². The molecule has 2 unspecified atom stereocenters. The van der Waals surface area contributed by atoms with E-state index in [1.807, 2.05) is 56.4 Å². The number of rotatable bonds is 7. The SMILES string of the molecule is CC.Cc1ccc2c(c1)S(=O)N(C)c1ccccc1C2NCCCCCC(=O)O. The molecule has 2 atom stereocenters. The van der Waals surface area contributed by atoms with Gasteiger partial charge in [0.15, 0.2) is 11.0 Å². The van der Waals surface area contributed by atoms with Crippen molar-refractivity contribution in [3.63, 3.8) is 0 Å². The molecular weight excluding hydrogens is 384 g/mol. The van der Waals surface area contributed by atoms with Gasteiger partial charge in [-0.25, -0.2) is 4.21 Å². The highest BCUT2D eigenvalue weighted by atomic mass is 32.2. The number of nitrogens with zero attached hydrogens (tertiary/aromatic N) is 1. The van der Waals surface area contributed by atoms with E-state index in [1.165, 1.54) is 0 Å². The summed E-state index contributed by atoms with van der Waals surface area (Å²) in [7, 11) is 0.613. The molecule has 2 aromatic rings. The zero-order valence-electron chi connectivity index (χ0n) is 17.8. The molecule has 0 spiro atoms. The summed E-state index contributed by atoms with van der Waals surface area (Å²) < 4.78 is 15.0. The summed E-state index contributed by atoms with van der Waals surface area (Å²) in [6.07, 6.45) is 2.70. The van der Waals surface area contributed by atoms with Gasteiger partial charge in [-0.15, -0.1) is 0 Å². The number of benzene rings is 2. The van der Waals surface area contributed by atoms with Crippen LogP contribution in [0.2, 0.25) is 0 Å². The van der Waals surface area contributed by atoms with E-state index in [9.17, 15) is 9.00 Å². The van der Waals surface area contributed by atoms with E-state index in [4.69, 9.17) is 5.11 Å². The predicted molar refractivity (Wildman–Crippen MR) is 120 cm³/mol. The maximum absolute atomic E-state index is 13.1. The van der Waals surface area contributed by atoms with E-state index < -0.39 is 17.0 Å². The molecule has 1 aliphatic rings. The largest absolute Gasteiger partial charge is 0.481 e. The molecule has 29 heavy (non-hydrogen) atoms. The molecule has 3 rings (SSSR count). The van der Waals surface area contributed by atoms with Crippen LogP contribution in [0.3, 0.4) is 0 Å². The van der Waals surface area contributed by atoms with Gasteiger partial charge in [-0.3, -0.25) is 9.10 Å². The average molecular weight is 417 g/mol. The highest BCUT2D eigenvalue weighted by Gasteiger charge is 2.29. The van der Waals surface area contributed by atoms with Crippen molar-refractivity contribution in [2.75, 3.05) is 17.9 Å². The first-order valence-corrected chi connectivity index (χ1v) is 11.4. The quantitative estimate of drug-likeness (QED) is 0.635. The number of hydrogen-bond acceptors (Lipinski definition) is 3. The van der Waals surface area contributed by atoms with Crippen LogP contribution in [0.1, 0.15) is 62.3 Å². The van der Waals surface area contributed by atoms with Gasteiger partial charge < -0.3 is 10.4 Å². The van der Waals surface area contributed by atoms with Gasteiger partial charge in [0.2, 0.25) is 0 Å². The third-order valence-corrected chi connectivity index (χ3v) is 6.34. The maximum Gasteiger partial charge on any atom is 0.303 e. The van der Waals surface area contributed by atoms with Crippen LogP contribution in [0.4, 0.5) is 5.69 Å². The highest BCUT2D eigenvalue weighted by molar-refractivity contribution is 7.86. The first kappa shape index (κ1) is 23.1. The van der Waals surface area contributed by atoms with Crippen molar-refractivity contribution in [3.05, 3.63) is 59.2 Å². The van der Waals surface area contributed by atoms with E-state index >= 15 is 0 Å². The monoisotopic (exact) mass is 416 g/mol. The molecule has 0 radical (unpaired) electrons. The van der Waals surface area contributed by atoms with Crippen molar-refractivity contribution in [3.8, 4) is 0 Å². The molecule has 1 aliphatic heterocycles. The summed E-state index contributed by atoms with van der Waals surface area (Å²) in [5.74, 6) is -0.740. The van der Waals surface area contributed by atoms with Gasteiger partial charge >= 0.3 is 5.97 Å². The number of fused-ring (bicyclic) bond motifs is 2. The Labute approximate surface area is 176 Å². The first-order valence-electron chi connectivity index (χ1n) is 10.3. The molecule has 0 aliphatic carbocycles. The van der Waals surface area contributed by atoms with E-state index in [0.29, 0.717) is 6.42 Å². The zero-order valence-corrected chi connectivity index (χ0v) is 18.6. The molecule has 0 saturated carbocycles. The zero-order chi connectivity index (χ0) is 21.4. The van der Waals surface area contributed by atoms with E-state index in [-0.39, 0.29) is 12.5 Å². The Morgan fingerprint density at radius 3 is 2.55 bits per heavy atom. The number of unbranched alkanes of at least 4 members (excludes halogenated alkanes) is 2. The minimum Gasteiger partial charge on any atom is -0.481 e. The summed E-state index contributed by atoms with van der Waals surface area (Å²) in [5, 5.41) is 12.4. The van der Waals surface area contributed by atoms with Gasteiger partial charge in [-0.2, -0.15) is 0 Å². The van der Waals surface area contributed by atoms with Crippen LogP contribution in [0.5, 0.6) is 0 Å². The topological polar surface area (TPSA) is 69.6 Å². The minimum absolute atomic E-state index is 0.0369. The molecule has 2 aromatic carbocycles. The summed E-state index contributed by atoms with van der Waals surface area (Å²) in [5.41, 5.74) is 4.21. The van der Waals surface area contributed by atoms with Gasteiger partial charge in [-0.1, -0.05) is 50.6 Å². The lowest BCUT2D eigenvalue weighted by Crippen LogP contribution is -2.24. The fourth-order valence-corrected chi connectivity index (χ4v) is 4.81. The van der Waals surface area contributed by atoms with Crippen molar-refractivity contribution in [2.24, 2.45) is 0 Å². The number of nitrogens with one attached hydrogen (secondary N) is 1. The first-order chi connectivity index (χ1) is 14.0. The second-order valence-corrected chi connectivity index (χ2v) is 8.42. The Morgan fingerprint density at radius 2 is 1.83 bits per heavy atom. The fourth-order valence-electron chi connectivity index (χ4n) is 3.50. The summed E-state index contributed by atoms with van der Waals surface area (Å²) in [6.45, 7) is 6.79. The number of carboxylic acid groups (broad SMARTS) is 1. The van der Waals surface area contributed by atoms with Crippen LogP contribution in [0.15, 0.2) is 47.4 Å². The molecule has 5 nitrogen and oxygen atoms in total. The van der Waals surface area contributed by atoms with Crippen molar-refractivity contribution < 1.29 is 14.1 Å². The Balaban J connectivity index is 0.00000145. The number of anilines is 1. The summed E-state index contributed by atoms with van der Waals surface area (Å²) >= 11 is 0. The van der Waals surface area contributed by atoms with Gasteiger partial charge in [-0.05, 0) is 55.1 Å². The normalized spacial score (nSPS) is 17.4. The Kier molecular flexibility index (Phi) is 8.86. The van der Waals surface area contributed by atoms with Crippen LogP contribution in [0.25, 0.3) is 0 Å². The lowest BCUT2D eigenvalue weighted by Gasteiger charge is -2.22. The second kappa shape index (κ2) is 11.1. The molecule has 1 heterocycles. The summed E-state index contributed by atoms with van der Waals surface area (Å²) in [6, 6.07) is 14.2. The lowest BCUT2D eigenvalue weighted by molar-refractivity contribution is -0.137. The van der Waals surface area contributed by atoms with E-state index in [1.54, 1.807) is 0 Å². The fraction of sp³-hybridized carbons (Fsp3) is 0.435. The molecule has 0 bridgehead atoms. The molecule has 6 heteroatoms. The predicted octanol–water partition coefficient (Wildman–Crippen LogP) is 4.82. The van der Waals surface area contributed by atoms with Crippen molar-refractivity contribution in [2.45, 2.75) is 57.4 Å². The van der Waals surface area contributed by atoms with Gasteiger partial charge in [0.1, 0.15) is 0 Å². The van der Waals surface area contributed by atoms with Crippen LogP contribution in [0, 0.1) is 6.92 Å². The van der Waals surface area contributed by atoms with Crippen molar-refractivity contribution in [1.82, 2.24) is 5.32 Å². The number of hydrogen-bond donors (Lipinski definition) is 2. The third kappa shape index (κ3) is 5.67. The average Bonchev–Trinajstić information content (AvgIpc) is 2.81. The Morgan fingerprint density at radius 1 is 1.10 bits per heavy atom. The van der Waals surface area contributed by atoms with Crippen LogP contribution in [-0.2, 0) is 15.8 Å². The summed E-state index contributed by atoms with van der Waals surface area (Å²) in [4.78, 5) is 11.5. The van der Waals surface area contributed by atoms with Gasteiger partial charge in [0.25, 0.3) is 0 Å². The van der Waals surface area contributed by atoms with Gasteiger partial charge in [0.05, 0.1) is 16.6 Å². The van der Waals surface area contributed by atoms with E-state index in [0.717, 1.165) is 46.7 Å². The van der Waals surface area contributed by atoms with Crippen molar-refractivity contribution in [1.29, 1.82) is 0 Å². The van der Waals surface area contributed by atoms with Crippen molar-refractivity contribution >= 4 is 22.6 Å². The smallest absolute Gasteiger partial charge is 0.303 e. The number of aliphatic carboxylic acids is 1. The standard InChI is InChI=1S/C21H26N2O3S.C2H6/c1-15-11-12-17-19(14-15)27(26)23(2)18-9-6-5-8-16(18)21(17)22-13-7-3-4-10-20(24)25;1-2/h5-6,8-9,11-12,14,21-22H,3-4,7,10,13H2,1-2H3,(H,24,25);1-2H3. The Hall–Kier alpha value is -2.18. The highest BCUT2D eigenvalue weighted by Crippen LogP contribution is 2.38. The molecule has 2 N–H and O–H groups in total. The third-order valence-electron chi connectivity index (χ3n) is 4.92. The van der Waals surface area contributed by atoms with Crippen LogP contribution < -0.4 is 9.62 Å². The molecule has 0 fully saturated rings. The molecule has 0 aromatic heterocycles. The number of carbonyl (C=O) groups is 1. The van der Waals surface area contributed by atoms with E-state index in [2.05, 4.69) is 23.5 Å². The molecular formula is C23H32N2O3S. The van der Waals surface area contributed by atoms with Gasteiger partial charge in [0, 0.05) is 13.5 Å². The minimum atomic E-state index is -1.26. The molecule has 0 saturated heterocycles. The second-order valence-electron chi connectivity index (χ2n) is 6.94. The molecule has 0 amide bonds. The maximum atomic E-state index is 13.1. The number of carboxylic acids is 1. The number of para-hydroxylation sites is 1. The lowest BCUT2D eigenvalue weighted by atomic mass is 9.96. The Bertz CT molecular complexity index is 854.